The highest BCUT2D eigenvalue weighted by molar-refractivity contribution is 7.86. The van der Waals surface area contributed by atoms with Crippen LogP contribution in [0.4, 0.5) is 36.4 Å². The van der Waals surface area contributed by atoms with Crippen molar-refractivity contribution in [2.24, 2.45) is 0 Å². The minimum Gasteiger partial charge on any atom is -0.380 e. The summed E-state index contributed by atoms with van der Waals surface area (Å²) in [7, 11) is -1.84. The van der Waals surface area contributed by atoms with Crippen molar-refractivity contribution < 1.29 is 44.8 Å². The van der Waals surface area contributed by atoms with E-state index in [-0.39, 0.29) is 35.0 Å². The van der Waals surface area contributed by atoms with Crippen molar-refractivity contribution in [2.45, 2.75) is 54.6 Å². The molecule has 3 aliphatic rings. The lowest BCUT2D eigenvalue weighted by Crippen LogP contribution is -2.54. The summed E-state index contributed by atoms with van der Waals surface area (Å²) in [5.74, 6) is 0.0120. The fourth-order valence-electron chi connectivity index (χ4n) is 6.05. The summed E-state index contributed by atoms with van der Waals surface area (Å²) in [4.78, 5) is 13.6. The molecule has 0 spiro atoms. The van der Waals surface area contributed by atoms with E-state index in [1.54, 1.807) is 6.92 Å². The monoisotopic (exact) mass is 695 g/mol. The lowest BCUT2D eigenvalue weighted by atomic mass is 9.85. The van der Waals surface area contributed by atoms with Gasteiger partial charge in [-0.2, -0.15) is 26.3 Å². The van der Waals surface area contributed by atoms with Gasteiger partial charge >= 0.3 is 12.4 Å². The number of anilines is 1. The van der Waals surface area contributed by atoms with E-state index < -0.39 is 40.3 Å². The number of amides is 1. The number of halogens is 7. The molecular weight excluding hydrogens is 663 g/mol. The highest BCUT2D eigenvalue weighted by atomic mass is 32.2. The van der Waals surface area contributed by atoms with E-state index in [4.69, 9.17) is 0 Å². The number of rotatable bonds is 3. The Morgan fingerprint density at radius 2 is 1.60 bits per heavy atom. The largest absolute Gasteiger partial charge is 0.430 e. The molecule has 3 atom stereocenters. The summed E-state index contributed by atoms with van der Waals surface area (Å²) in [6.45, 7) is 7.55. The van der Waals surface area contributed by atoms with Gasteiger partial charge in [-0.05, 0) is 54.3 Å². The third-order valence-electron chi connectivity index (χ3n) is 8.42. The van der Waals surface area contributed by atoms with E-state index in [0.29, 0.717) is 30.5 Å². The van der Waals surface area contributed by atoms with Crippen LogP contribution in [0.15, 0.2) is 78.2 Å². The van der Waals surface area contributed by atoms with Gasteiger partial charge in [0.25, 0.3) is 5.60 Å². The summed E-state index contributed by atoms with van der Waals surface area (Å²) >= 11 is 0. The number of aliphatic hydroxyl groups is 1. The van der Waals surface area contributed by atoms with E-state index in [0.717, 1.165) is 37.0 Å². The van der Waals surface area contributed by atoms with Crippen LogP contribution < -0.4 is 9.62 Å². The van der Waals surface area contributed by atoms with Crippen molar-refractivity contribution in [3.8, 4) is 12.8 Å². The van der Waals surface area contributed by atoms with Gasteiger partial charge in [0.15, 0.2) is 11.0 Å². The van der Waals surface area contributed by atoms with E-state index in [9.17, 15) is 44.8 Å². The molecule has 1 saturated heterocycles. The first-order valence-corrected chi connectivity index (χ1v) is 15.7. The Kier molecular flexibility index (Phi) is 10.7. The van der Waals surface area contributed by atoms with E-state index in [1.165, 1.54) is 27.6 Å². The van der Waals surface area contributed by atoms with Crippen molar-refractivity contribution in [3.05, 3.63) is 101 Å². The molecule has 48 heavy (non-hydrogen) atoms. The van der Waals surface area contributed by atoms with Gasteiger partial charge in [-0.3, -0.25) is 9.10 Å². The average molecular weight is 696 g/mol. The highest BCUT2D eigenvalue weighted by Gasteiger charge is 2.71. The quantitative estimate of drug-likeness (QED) is 0.245. The normalized spacial score (nSPS) is 19.3. The zero-order valence-corrected chi connectivity index (χ0v) is 26.4. The molecule has 3 heterocycles. The summed E-state index contributed by atoms with van der Waals surface area (Å²) in [5, 5.41) is 13.0. The fourth-order valence-corrected chi connectivity index (χ4v) is 7.32. The van der Waals surface area contributed by atoms with Crippen LogP contribution in [0, 0.1) is 18.7 Å². The predicted octanol–water partition coefficient (Wildman–Crippen LogP) is 6.44. The molecule has 0 radical (unpaired) electrons. The molecule has 0 bridgehead atoms. The molecule has 3 aromatic rings. The van der Waals surface area contributed by atoms with Gasteiger partial charge in [-0.1, -0.05) is 43.0 Å². The number of terminal acetylenes is 1. The second-order valence-corrected chi connectivity index (χ2v) is 12.7. The van der Waals surface area contributed by atoms with Crippen LogP contribution in [0.3, 0.4) is 0 Å². The third-order valence-corrected chi connectivity index (χ3v) is 9.87. The van der Waals surface area contributed by atoms with E-state index in [2.05, 4.69) is 42.9 Å². The van der Waals surface area contributed by atoms with Crippen LogP contribution >= 0.6 is 0 Å². The first-order chi connectivity index (χ1) is 22.5. The van der Waals surface area contributed by atoms with Crippen LogP contribution in [0.2, 0.25) is 0 Å². The maximum atomic E-state index is 13.1. The number of alkyl halides is 6. The smallest absolute Gasteiger partial charge is 0.380 e. The summed E-state index contributed by atoms with van der Waals surface area (Å²) in [6.07, 6.45) is -3.50. The minimum absolute atomic E-state index is 0.0936. The number of hydrogen-bond acceptors (Lipinski definition) is 4. The fraction of sp³-hybridized carbons (Fsp3) is 0.324. The Bertz CT molecular complexity index is 1690. The minimum atomic E-state index is -5.98. The average Bonchev–Trinajstić information content (AvgIpc) is 3.49. The number of nitrogens with one attached hydrogen (secondary N) is 1. The first-order valence-electron chi connectivity index (χ1n) is 14.6. The molecule has 3 aromatic carbocycles. The van der Waals surface area contributed by atoms with Gasteiger partial charge in [0, 0.05) is 49.3 Å². The van der Waals surface area contributed by atoms with Crippen molar-refractivity contribution in [3.63, 3.8) is 0 Å². The Hall–Kier alpha value is -4.35. The number of aryl methyl sites for hydroxylation is 1. The lowest BCUT2D eigenvalue weighted by Gasteiger charge is -2.35. The van der Waals surface area contributed by atoms with Crippen LogP contribution in [0.25, 0.3) is 5.70 Å². The molecule has 1 amide bonds. The highest BCUT2D eigenvalue weighted by Crippen LogP contribution is 2.51. The zero-order valence-electron chi connectivity index (χ0n) is 25.6. The van der Waals surface area contributed by atoms with Gasteiger partial charge in [-0.25, -0.2) is 8.60 Å². The molecule has 0 saturated carbocycles. The number of nitrogens with zero attached hydrogens (tertiary/aromatic N) is 2. The molecule has 0 aliphatic carbocycles. The van der Waals surface area contributed by atoms with Gasteiger partial charge in [0.05, 0.1) is 16.6 Å². The van der Waals surface area contributed by atoms with Crippen LogP contribution in [0.1, 0.15) is 41.5 Å². The molecular formula is C34H32F7N3O3S. The molecule has 0 aromatic heterocycles. The molecule has 6 nitrogen and oxygen atoms in total. The standard InChI is InChI=1S/C18H14F7NO2S.C14H16N2O.C2H2/c19-13-4-6-14(7-5-13)29(28)26-9-1-2-11-10-12(3-8-15(11)26)16(27,17(20,21)22)18(23,24)25;1-9-11-5-3-4-6-12(11)13-7-16(10(2)17)8-14(13)15-9;1-2/h3-8,10,27H,1-2,9H2;3-6,13-15H,1,7-8H2,2H3;1-2H. The lowest BCUT2D eigenvalue weighted by molar-refractivity contribution is -0.376. The maximum absolute atomic E-state index is 13.1. The Morgan fingerprint density at radius 3 is 2.21 bits per heavy atom. The number of hydrogen-bond donors (Lipinski definition) is 2. The van der Waals surface area contributed by atoms with E-state index in [1.807, 2.05) is 11.0 Å². The first kappa shape index (κ1) is 36.5. The second-order valence-electron chi connectivity index (χ2n) is 11.3. The van der Waals surface area contributed by atoms with Gasteiger partial charge in [0.2, 0.25) is 5.91 Å². The van der Waals surface area contributed by atoms with Crippen molar-refractivity contribution in [1.82, 2.24) is 10.2 Å². The molecule has 1 fully saturated rings. The Morgan fingerprint density at radius 1 is 0.979 bits per heavy atom. The van der Waals surface area contributed by atoms with E-state index >= 15 is 0 Å². The van der Waals surface area contributed by atoms with Crippen molar-refractivity contribution >= 4 is 28.3 Å². The Balaban J connectivity index is 0.000000231. The number of fused-ring (bicyclic) bond motifs is 4. The summed E-state index contributed by atoms with van der Waals surface area (Å²) in [5.41, 5.74) is -2.60. The van der Waals surface area contributed by atoms with Gasteiger partial charge < -0.3 is 15.3 Å². The zero-order chi connectivity index (χ0) is 35.6. The maximum Gasteiger partial charge on any atom is 0.430 e. The molecule has 3 unspecified atom stereocenters. The number of carbonyl (C=O) groups excluding carboxylic acids is 1. The molecule has 6 rings (SSSR count). The SMILES string of the molecule is C#C.C=C1NC2CN(C(C)=O)CC2c2ccccc21.O=S(c1ccc(F)cc1)N1CCCc2cc(C(O)(C(F)(F)F)C(F)(F)F)ccc21. The molecule has 256 valence electrons. The van der Waals surface area contributed by atoms with Gasteiger partial charge in [0.1, 0.15) is 5.82 Å². The van der Waals surface area contributed by atoms with Crippen molar-refractivity contribution in [2.75, 3.05) is 23.9 Å². The van der Waals surface area contributed by atoms with Gasteiger partial charge in [-0.15, -0.1) is 12.8 Å². The molecule has 14 heteroatoms. The summed E-state index contributed by atoms with van der Waals surface area (Å²) < 4.78 is 106. The van der Waals surface area contributed by atoms with Crippen LogP contribution in [0.5, 0.6) is 0 Å². The topological polar surface area (TPSA) is 72.9 Å². The second kappa shape index (κ2) is 14.0. The Labute approximate surface area is 275 Å². The molecule has 3 aliphatic heterocycles. The number of benzene rings is 3. The van der Waals surface area contributed by atoms with Crippen LogP contribution in [-0.2, 0) is 27.8 Å². The molecule has 2 N–H and O–H groups in total. The van der Waals surface area contributed by atoms with Crippen molar-refractivity contribution in [1.29, 1.82) is 0 Å². The predicted molar refractivity (Wildman–Crippen MR) is 168 cm³/mol. The van der Waals surface area contributed by atoms with Crippen LogP contribution in [-0.4, -0.2) is 58.2 Å². The number of likely N-dealkylation sites (tertiary alicyclic amines) is 1. The number of carbonyl (C=O) groups is 1. The third kappa shape index (κ3) is 6.93. The summed E-state index contributed by atoms with van der Waals surface area (Å²) in [6, 6.07) is 15.6.